The van der Waals surface area contributed by atoms with E-state index < -0.39 is 0 Å². The summed E-state index contributed by atoms with van der Waals surface area (Å²) in [5.74, 6) is 1.53. The molecule has 0 aromatic carbocycles. The van der Waals surface area contributed by atoms with Crippen LogP contribution in [0.25, 0.3) is 11.3 Å². The van der Waals surface area contributed by atoms with Crippen LogP contribution in [0.15, 0.2) is 28.9 Å². The number of hydrogen-bond acceptors (Lipinski definition) is 8. The zero-order valence-corrected chi connectivity index (χ0v) is 16.1. The van der Waals surface area contributed by atoms with Gasteiger partial charge in [-0.25, -0.2) is 4.98 Å². The summed E-state index contributed by atoms with van der Waals surface area (Å²) in [5.41, 5.74) is 1.48. The van der Waals surface area contributed by atoms with Crippen LogP contribution in [-0.2, 0) is 19.1 Å². The summed E-state index contributed by atoms with van der Waals surface area (Å²) in [6.07, 6.45) is 1.73. The van der Waals surface area contributed by atoms with Gasteiger partial charge in [0.15, 0.2) is 5.76 Å². The number of pyridine rings is 1. The molecule has 144 valence electrons. The number of ether oxygens (including phenoxy) is 2. The third-order valence-electron chi connectivity index (χ3n) is 2.57. The van der Waals surface area contributed by atoms with Crippen molar-refractivity contribution in [2.24, 2.45) is 0 Å². The van der Waals surface area contributed by atoms with E-state index in [1.54, 1.807) is 13.1 Å². The third-order valence-corrected chi connectivity index (χ3v) is 2.57. The molecule has 26 heavy (non-hydrogen) atoms. The Hall–Kier alpha value is -2.90. The maximum Gasteiger partial charge on any atom is 0.293 e. The van der Waals surface area contributed by atoms with Crippen LogP contribution in [0, 0.1) is 6.92 Å². The second-order valence-electron chi connectivity index (χ2n) is 5.86. The zero-order valence-electron chi connectivity index (χ0n) is 16.1. The van der Waals surface area contributed by atoms with E-state index in [-0.39, 0.29) is 5.60 Å². The molecule has 0 atom stereocenters. The lowest BCUT2D eigenvalue weighted by molar-refractivity contribution is -0.138. The highest BCUT2D eigenvalue weighted by Gasteiger charge is 2.09. The molecule has 0 fully saturated rings. The van der Waals surface area contributed by atoms with Gasteiger partial charge in [-0.1, -0.05) is 5.16 Å². The van der Waals surface area contributed by atoms with Gasteiger partial charge in [0, 0.05) is 19.3 Å². The molecule has 0 spiro atoms. The van der Waals surface area contributed by atoms with Crippen molar-refractivity contribution in [3.8, 4) is 11.3 Å². The van der Waals surface area contributed by atoms with Crippen molar-refractivity contribution >= 4 is 18.8 Å². The lowest BCUT2D eigenvalue weighted by Crippen LogP contribution is -2.17. The molecule has 1 N–H and O–H groups in total. The van der Waals surface area contributed by atoms with E-state index in [0.717, 1.165) is 22.8 Å². The van der Waals surface area contributed by atoms with Crippen molar-refractivity contribution in [1.29, 1.82) is 0 Å². The van der Waals surface area contributed by atoms with Crippen molar-refractivity contribution in [3.05, 3.63) is 30.1 Å². The maximum atomic E-state index is 9.60. The van der Waals surface area contributed by atoms with E-state index in [2.05, 4.69) is 24.9 Å². The van der Waals surface area contributed by atoms with Crippen LogP contribution in [0.2, 0.25) is 0 Å². The quantitative estimate of drug-likeness (QED) is 0.806. The molecule has 0 saturated heterocycles. The summed E-state index contributed by atoms with van der Waals surface area (Å²) in [6, 6.07) is 5.70. The highest BCUT2D eigenvalue weighted by atomic mass is 16.5. The monoisotopic (exact) mass is 365 g/mol. The van der Waals surface area contributed by atoms with Crippen LogP contribution >= 0.6 is 0 Å². The van der Waals surface area contributed by atoms with Crippen LogP contribution in [0.1, 0.15) is 33.4 Å². The summed E-state index contributed by atoms with van der Waals surface area (Å²) in [7, 11) is 1.83. The van der Waals surface area contributed by atoms with E-state index in [0.29, 0.717) is 19.6 Å². The molecule has 0 aliphatic carbocycles. The lowest BCUT2D eigenvalue weighted by Gasteiger charge is -2.14. The minimum Gasteiger partial charge on any atom is -0.468 e. The largest absolute Gasteiger partial charge is 0.468 e. The van der Waals surface area contributed by atoms with Gasteiger partial charge in [0.25, 0.3) is 12.9 Å². The predicted molar refractivity (Wildman–Crippen MR) is 98.6 cm³/mol. The molecule has 0 radical (unpaired) electrons. The molecule has 8 nitrogen and oxygen atoms in total. The molecule has 2 aromatic heterocycles. The van der Waals surface area contributed by atoms with Gasteiger partial charge < -0.3 is 19.3 Å². The molecular weight excluding hydrogens is 338 g/mol. The van der Waals surface area contributed by atoms with Gasteiger partial charge in [0.1, 0.15) is 11.4 Å². The van der Waals surface area contributed by atoms with Gasteiger partial charge in [-0.2, -0.15) is 0 Å². The van der Waals surface area contributed by atoms with Crippen molar-refractivity contribution in [3.63, 3.8) is 0 Å². The zero-order chi connectivity index (χ0) is 20.0. The van der Waals surface area contributed by atoms with Gasteiger partial charge in [-0.05, 0) is 46.8 Å². The number of nitrogens with zero attached hydrogens (tertiary/aromatic N) is 2. The molecule has 0 aliphatic heterocycles. The first-order valence-corrected chi connectivity index (χ1v) is 8.02. The molecule has 8 heteroatoms. The Morgan fingerprint density at radius 2 is 1.96 bits per heavy atom. The molecule has 2 aromatic rings. The Labute approximate surface area is 153 Å². The highest BCUT2D eigenvalue weighted by Crippen LogP contribution is 2.25. The number of aryl methyl sites for hydroxylation is 1. The van der Waals surface area contributed by atoms with Gasteiger partial charge in [0.05, 0.1) is 17.9 Å². The average Bonchev–Trinajstić information content (AvgIpc) is 3.02. The summed E-state index contributed by atoms with van der Waals surface area (Å²) >= 11 is 0. The van der Waals surface area contributed by atoms with Gasteiger partial charge in [-0.15, -0.1) is 0 Å². The third kappa shape index (κ3) is 10.1. The Morgan fingerprint density at radius 1 is 1.27 bits per heavy atom. The SMILES string of the molecule is CC(C)(C)OC=O.CCOC=O.CNc1ncccc1-c1cc(C)no1. The molecule has 2 rings (SSSR count). The van der Waals surface area contributed by atoms with Gasteiger partial charge >= 0.3 is 0 Å². The molecule has 0 unspecified atom stereocenters. The Kier molecular flexibility index (Phi) is 11.1. The van der Waals surface area contributed by atoms with E-state index >= 15 is 0 Å². The van der Waals surface area contributed by atoms with Crippen LogP contribution in [0.5, 0.6) is 0 Å². The molecule has 0 saturated carbocycles. The highest BCUT2D eigenvalue weighted by molar-refractivity contribution is 5.70. The molecule has 0 bridgehead atoms. The number of aromatic nitrogens is 2. The molecular formula is C18H27N3O5. The summed E-state index contributed by atoms with van der Waals surface area (Å²) in [6.45, 7) is 10.5. The Bertz CT molecular complexity index is 650. The van der Waals surface area contributed by atoms with Crippen LogP contribution in [-0.4, -0.2) is 42.3 Å². The van der Waals surface area contributed by atoms with E-state index in [9.17, 15) is 9.59 Å². The molecule has 0 aliphatic rings. The van der Waals surface area contributed by atoms with Crippen molar-refractivity contribution in [2.45, 2.75) is 40.2 Å². The Balaban J connectivity index is 0.000000439. The standard InChI is InChI=1S/C10H11N3O.C5H10O2.C3H6O2/c1-7-6-9(14-13-7)8-4-3-5-12-10(8)11-2;1-5(2,3)7-4-6;1-2-5-3-4/h3-6H,1-2H3,(H,11,12);4H,1-3H3;3H,2H2,1H3. The number of hydrogen-bond donors (Lipinski definition) is 1. The fourth-order valence-electron chi connectivity index (χ4n) is 1.51. The van der Waals surface area contributed by atoms with Gasteiger partial charge in [0.2, 0.25) is 0 Å². The normalized spacial score (nSPS) is 9.62. The fraction of sp³-hybridized carbons (Fsp3) is 0.444. The lowest BCUT2D eigenvalue weighted by atomic mass is 10.2. The smallest absolute Gasteiger partial charge is 0.293 e. The molecule has 0 amide bonds. The number of anilines is 1. The maximum absolute atomic E-state index is 9.60. The number of rotatable bonds is 5. The topological polar surface area (TPSA) is 104 Å². The minimum atomic E-state index is -0.318. The second kappa shape index (κ2) is 12.5. The number of carbonyl (C=O) groups is 2. The Morgan fingerprint density at radius 3 is 2.31 bits per heavy atom. The van der Waals surface area contributed by atoms with Crippen molar-refractivity contribution < 1.29 is 23.6 Å². The fourth-order valence-corrected chi connectivity index (χ4v) is 1.51. The van der Waals surface area contributed by atoms with Crippen molar-refractivity contribution in [1.82, 2.24) is 10.1 Å². The first-order chi connectivity index (χ1) is 12.3. The number of carbonyl (C=O) groups excluding carboxylic acids is 2. The molecule has 2 heterocycles. The van der Waals surface area contributed by atoms with E-state index in [4.69, 9.17) is 4.52 Å². The summed E-state index contributed by atoms with van der Waals surface area (Å²) < 4.78 is 13.9. The minimum absolute atomic E-state index is 0.318. The van der Waals surface area contributed by atoms with Crippen LogP contribution < -0.4 is 5.32 Å². The average molecular weight is 365 g/mol. The predicted octanol–water partition coefficient (Wildman–Crippen LogP) is 3.22. The first kappa shape index (κ1) is 23.1. The van der Waals surface area contributed by atoms with Gasteiger partial charge in [-0.3, -0.25) is 9.59 Å². The summed E-state index contributed by atoms with van der Waals surface area (Å²) in [4.78, 5) is 23.0. The van der Waals surface area contributed by atoms with Crippen LogP contribution in [0.3, 0.4) is 0 Å². The van der Waals surface area contributed by atoms with E-state index in [1.165, 1.54) is 0 Å². The second-order valence-corrected chi connectivity index (χ2v) is 5.86. The number of nitrogens with one attached hydrogen (secondary N) is 1. The first-order valence-electron chi connectivity index (χ1n) is 8.02. The van der Waals surface area contributed by atoms with Crippen LogP contribution in [0.4, 0.5) is 5.82 Å². The van der Waals surface area contributed by atoms with Crippen molar-refractivity contribution in [2.75, 3.05) is 19.0 Å². The van der Waals surface area contributed by atoms with E-state index in [1.807, 2.05) is 52.9 Å². The summed E-state index contributed by atoms with van der Waals surface area (Å²) in [5, 5.41) is 6.84.